The molecule has 1 aliphatic carbocycles. The van der Waals surface area contributed by atoms with Gasteiger partial charge in [-0.05, 0) is 12.3 Å². The second kappa shape index (κ2) is 1.67. The van der Waals surface area contributed by atoms with Gasteiger partial charge in [-0.1, -0.05) is 19.3 Å². The van der Waals surface area contributed by atoms with Crippen molar-refractivity contribution in [1.82, 2.24) is 0 Å². The van der Waals surface area contributed by atoms with Crippen LogP contribution in [-0.2, 0) is 0 Å². The van der Waals surface area contributed by atoms with Gasteiger partial charge < -0.3 is 0 Å². The molecular weight excluding hydrogens is 120 g/mol. The van der Waals surface area contributed by atoms with Crippen molar-refractivity contribution in [2.24, 2.45) is 5.92 Å². The summed E-state index contributed by atoms with van der Waals surface area (Å²) in [6, 6.07) is 0. The molecule has 0 saturated heterocycles. The fourth-order valence-corrected chi connectivity index (χ4v) is 1.28. The van der Waals surface area contributed by atoms with E-state index in [0.29, 0.717) is 5.92 Å². The molecule has 2 unspecified atom stereocenters. The maximum absolute atomic E-state index is 5.86. The van der Waals surface area contributed by atoms with Crippen LogP contribution in [0, 0.1) is 18.3 Å². The van der Waals surface area contributed by atoms with E-state index in [1.807, 2.05) is 0 Å². The normalized spacial score (nSPS) is 43.4. The minimum atomic E-state index is -0.241. The molecule has 0 spiro atoms. The molecule has 2 atom stereocenters. The van der Waals surface area contributed by atoms with E-state index >= 15 is 0 Å². The van der Waals surface area contributed by atoms with Crippen LogP contribution in [0.2, 0.25) is 0 Å². The Labute approximate surface area is 55.2 Å². The number of hydrogen-bond donors (Lipinski definition) is 0. The second-order valence-corrected chi connectivity index (χ2v) is 2.99. The van der Waals surface area contributed by atoms with Crippen LogP contribution in [0.1, 0.15) is 19.8 Å². The van der Waals surface area contributed by atoms with E-state index in [-0.39, 0.29) is 4.87 Å². The van der Waals surface area contributed by atoms with E-state index in [1.165, 1.54) is 0 Å². The largest absolute Gasteiger partial charge is 0.118 e. The molecule has 0 aliphatic heterocycles. The van der Waals surface area contributed by atoms with Gasteiger partial charge in [0.05, 0.1) is 0 Å². The SMILES string of the molecule is C#CC1(Cl)CC1CC. The predicted molar refractivity (Wildman–Crippen MR) is 35.8 cm³/mol. The van der Waals surface area contributed by atoms with Gasteiger partial charge in [0, 0.05) is 0 Å². The molecule has 0 radical (unpaired) electrons. The highest BCUT2D eigenvalue weighted by Gasteiger charge is 2.50. The van der Waals surface area contributed by atoms with E-state index in [0.717, 1.165) is 12.8 Å². The highest BCUT2D eigenvalue weighted by atomic mass is 35.5. The third-order valence-electron chi connectivity index (χ3n) is 1.76. The standard InChI is InChI=1S/C7H9Cl/c1-3-6-5-7(6,8)4-2/h2,6H,3,5H2,1H3. The first-order chi connectivity index (χ1) is 3.73. The van der Waals surface area contributed by atoms with E-state index in [2.05, 4.69) is 12.8 Å². The van der Waals surface area contributed by atoms with Crippen molar-refractivity contribution in [2.75, 3.05) is 0 Å². The van der Waals surface area contributed by atoms with Crippen LogP contribution in [-0.4, -0.2) is 4.87 Å². The van der Waals surface area contributed by atoms with Crippen molar-refractivity contribution >= 4 is 11.6 Å². The fraction of sp³-hybridized carbons (Fsp3) is 0.714. The van der Waals surface area contributed by atoms with E-state index < -0.39 is 0 Å². The van der Waals surface area contributed by atoms with Gasteiger partial charge >= 0.3 is 0 Å². The number of halogens is 1. The summed E-state index contributed by atoms with van der Waals surface area (Å²) in [5.41, 5.74) is 0. The van der Waals surface area contributed by atoms with Crippen molar-refractivity contribution < 1.29 is 0 Å². The summed E-state index contributed by atoms with van der Waals surface area (Å²) in [6.45, 7) is 2.12. The lowest BCUT2D eigenvalue weighted by Crippen LogP contribution is -1.95. The summed E-state index contributed by atoms with van der Waals surface area (Å²) in [5.74, 6) is 3.17. The van der Waals surface area contributed by atoms with Gasteiger partial charge in [-0.15, -0.1) is 18.0 Å². The summed E-state index contributed by atoms with van der Waals surface area (Å²) < 4.78 is 0. The van der Waals surface area contributed by atoms with Gasteiger partial charge in [0.2, 0.25) is 0 Å². The molecule has 0 nitrogen and oxygen atoms in total. The Morgan fingerprint density at radius 3 is 2.75 bits per heavy atom. The van der Waals surface area contributed by atoms with Crippen molar-refractivity contribution in [2.45, 2.75) is 24.6 Å². The van der Waals surface area contributed by atoms with Crippen LogP contribution in [0.15, 0.2) is 0 Å². The molecule has 1 aliphatic rings. The van der Waals surface area contributed by atoms with Gasteiger partial charge in [-0.2, -0.15) is 0 Å². The zero-order valence-corrected chi connectivity index (χ0v) is 5.70. The quantitative estimate of drug-likeness (QED) is 0.375. The Morgan fingerprint density at radius 1 is 2.00 bits per heavy atom. The summed E-state index contributed by atoms with van der Waals surface area (Å²) in [5, 5.41) is 0. The van der Waals surface area contributed by atoms with Crippen LogP contribution in [0.25, 0.3) is 0 Å². The molecule has 44 valence electrons. The summed E-state index contributed by atoms with van der Waals surface area (Å²) in [6.07, 6.45) is 7.29. The molecule has 0 heterocycles. The summed E-state index contributed by atoms with van der Waals surface area (Å²) in [7, 11) is 0. The number of terminal acetylenes is 1. The first-order valence-electron chi connectivity index (χ1n) is 2.89. The van der Waals surface area contributed by atoms with Crippen LogP contribution >= 0.6 is 11.6 Å². The Kier molecular flexibility index (Phi) is 1.25. The Bertz CT molecular complexity index is 134. The fourth-order valence-electron chi connectivity index (χ4n) is 0.944. The van der Waals surface area contributed by atoms with Gasteiger partial charge in [0.1, 0.15) is 4.87 Å². The topological polar surface area (TPSA) is 0 Å². The maximum atomic E-state index is 5.86. The van der Waals surface area contributed by atoms with E-state index in [1.54, 1.807) is 0 Å². The summed E-state index contributed by atoms with van der Waals surface area (Å²) >= 11 is 5.86. The number of hydrogen-bond acceptors (Lipinski definition) is 0. The third kappa shape index (κ3) is 0.717. The molecule has 1 saturated carbocycles. The zero-order valence-electron chi connectivity index (χ0n) is 4.95. The van der Waals surface area contributed by atoms with Gasteiger partial charge in [0.25, 0.3) is 0 Å². The molecule has 1 rings (SSSR count). The monoisotopic (exact) mass is 128 g/mol. The first-order valence-corrected chi connectivity index (χ1v) is 3.27. The molecule has 1 heteroatoms. The van der Waals surface area contributed by atoms with Crippen molar-refractivity contribution in [1.29, 1.82) is 0 Å². The van der Waals surface area contributed by atoms with Gasteiger partial charge in [-0.3, -0.25) is 0 Å². The zero-order chi connectivity index (χ0) is 6.20. The van der Waals surface area contributed by atoms with E-state index in [9.17, 15) is 0 Å². The molecule has 0 aromatic heterocycles. The van der Waals surface area contributed by atoms with Crippen molar-refractivity contribution in [3.8, 4) is 12.3 Å². The van der Waals surface area contributed by atoms with E-state index in [4.69, 9.17) is 18.0 Å². The molecule has 0 N–H and O–H groups in total. The molecule has 8 heavy (non-hydrogen) atoms. The molecule has 0 bridgehead atoms. The highest BCUT2D eigenvalue weighted by molar-refractivity contribution is 6.28. The lowest BCUT2D eigenvalue weighted by molar-refractivity contribution is 0.776. The molecule has 1 fully saturated rings. The lowest BCUT2D eigenvalue weighted by atomic mass is 10.2. The first kappa shape index (κ1) is 5.98. The Morgan fingerprint density at radius 2 is 2.62 bits per heavy atom. The second-order valence-electron chi connectivity index (χ2n) is 2.32. The summed E-state index contributed by atoms with van der Waals surface area (Å²) in [4.78, 5) is -0.241. The number of rotatable bonds is 1. The lowest BCUT2D eigenvalue weighted by Gasteiger charge is -1.92. The predicted octanol–water partition coefficient (Wildman–Crippen LogP) is 2.03. The average Bonchev–Trinajstić information content (AvgIpc) is 2.44. The van der Waals surface area contributed by atoms with Crippen LogP contribution in [0.4, 0.5) is 0 Å². The number of alkyl halides is 1. The molecular formula is C7H9Cl. The Balaban J connectivity index is 2.46. The minimum Gasteiger partial charge on any atom is -0.118 e. The highest BCUT2D eigenvalue weighted by Crippen LogP contribution is 2.50. The van der Waals surface area contributed by atoms with Crippen LogP contribution in [0.3, 0.4) is 0 Å². The van der Waals surface area contributed by atoms with Gasteiger partial charge in [-0.25, -0.2) is 0 Å². The van der Waals surface area contributed by atoms with Crippen LogP contribution in [0.5, 0.6) is 0 Å². The molecule has 0 aromatic carbocycles. The van der Waals surface area contributed by atoms with Crippen molar-refractivity contribution in [3.63, 3.8) is 0 Å². The van der Waals surface area contributed by atoms with Crippen LogP contribution < -0.4 is 0 Å². The third-order valence-corrected chi connectivity index (χ3v) is 2.34. The smallest absolute Gasteiger partial charge is 0.108 e. The van der Waals surface area contributed by atoms with Gasteiger partial charge in [0.15, 0.2) is 0 Å². The Hall–Kier alpha value is -0.150. The molecule has 0 amide bonds. The minimum absolute atomic E-state index is 0.241. The molecule has 0 aromatic rings. The maximum Gasteiger partial charge on any atom is 0.108 e. The average molecular weight is 129 g/mol. The van der Waals surface area contributed by atoms with Crippen molar-refractivity contribution in [3.05, 3.63) is 0 Å².